The molecule has 3 aromatic carbocycles. The van der Waals surface area contributed by atoms with E-state index in [4.69, 9.17) is 9.47 Å². The van der Waals surface area contributed by atoms with Gasteiger partial charge in [0.2, 0.25) is 5.91 Å². The predicted molar refractivity (Wildman–Crippen MR) is 112 cm³/mol. The summed E-state index contributed by atoms with van der Waals surface area (Å²) in [6.07, 6.45) is 0. The summed E-state index contributed by atoms with van der Waals surface area (Å²) in [6, 6.07) is 24.0. The number of benzene rings is 3. The Morgan fingerprint density at radius 3 is 2.21 bits per heavy atom. The van der Waals surface area contributed by atoms with Crippen LogP contribution in [0, 0.1) is 0 Å². The van der Waals surface area contributed by atoms with Crippen LogP contribution in [0.4, 0.5) is 11.4 Å². The van der Waals surface area contributed by atoms with Crippen LogP contribution in [0.15, 0.2) is 78.9 Å². The Bertz CT molecular complexity index is 956. The van der Waals surface area contributed by atoms with Crippen molar-refractivity contribution in [2.75, 3.05) is 17.2 Å². The van der Waals surface area contributed by atoms with Gasteiger partial charge in [-0.15, -0.1) is 0 Å². The molecule has 2 N–H and O–H groups in total. The number of rotatable bonds is 8. The molecule has 0 saturated heterocycles. The standard InChI is InChI=1S/C23H22N2O4/c1-17(26)24-21-9-5-6-10-22(21)29-16-23(27)25-19-11-13-20(14-12-19)28-15-18-7-3-2-4-8-18/h2-14H,15-16H2,1H3,(H,24,26)(H,25,27). The number of nitrogens with one attached hydrogen (secondary N) is 2. The first-order valence-electron chi connectivity index (χ1n) is 9.16. The maximum Gasteiger partial charge on any atom is 0.262 e. The highest BCUT2D eigenvalue weighted by Gasteiger charge is 2.08. The summed E-state index contributed by atoms with van der Waals surface area (Å²) in [5, 5.41) is 5.43. The summed E-state index contributed by atoms with van der Waals surface area (Å²) in [6.45, 7) is 1.72. The Hall–Kier alpha value is -3.80. The minimum atomic E-state index is -0.305. The fraction of sp³-hybridized carbons (Fsp3) is 0.130. The van der Waals surface area contributed by atoms with Gasteiger partial charge < -0.3 is 20.1 Å². The van der Waals surface area contributed by atoms with E-state index >= 15 is 0 Å². The molecule has 6 heteroatoms. The highest BCUT2D eigenvalue weighted by molar-refractivity contribution is 5.92. The average Bonchev–Trinajstić information content (AvgIpc) is 2.73. The third kappa shape index (κ3) is 6.39. The molecule has 0 aliphatic carbocycles. The molecule has 0 bridgehead atoms. The van der Waals surface area contributed by atoms with Crippen LogP contribution in [-0.4, -0.2) is 18.4 Å². The topological polar surface area (TPSA) is 76.7 Å². The lowest BCUT2D eigenvalue weighted by Crippen LogP contribution is -2.20. The fourth-order valence-electron chi connectivity index (χ4n) is 2.60. The molecule has 0 unspecified atom stereocenters. The Labute approximate surface area is 169 Å². The molecule has 0 fully saturated rings. The maximum absolute atomic E-state index is 12.2. The van der Waals surface area contributed by atoms with Crippen molar-refractivity contribution in [1.82, 2.24) is 0 Å². The lowest BCUT2D eigenvalue weighted by molar-refractivity contribution is -0.118. The number of amides is 2. The molecule has 148 valence electrons. The van der Waals surface area contributed by atoms with Crippen molar-refractivity contribution < 1.29 is 19.1 Å². The molecule has 29 heavy (non-hydrogen) atoms. The zero-order chi connectivity index (χ0) is 20.5. The normalized spacial score (nSPS) is 10.1. The number of para-hydroxylation sites is 2. The molecule has 2 amide bonds. The molecule has 0 heterocycles. The summed E-state index contributed by atoms with van der Waals surface area (Å²) in [5.74, 6) is 0.635. The van der Waals surface area contributed by atoms with Crippen molar-refractivity contribution in [2.45, 2.75) is 13.5 Å². The third-order valence-electron chi connectivity index (χ3n) is 3.94. The highest BCUT2D eigenvalue weighted by atomic mass is 16.5. The summed E-state index contributed by atoms with van der Waals surface area (Å²) >= 11 is 0. The predicted octanol–water partition coefficient (Wildman–Crippen LogP) is 4.24. The SMILES string of the molecule is CC(=O)Nc1ccccc1OCC(=O)Nc1ccc(OCc2ccccc2)cc1. The molecule has 3 rings (SSSR count). The second-order valence-corrected chi connectivity index (χ2v) is 6.31. The van der Waals surface area contributed by atoms with Crippen LogP contribution >= 0.6 is 0 Å². The van der Waals surface area contributed by atoms with Gasteiger partial charge in [-0.3, -0.25) is 9.59 Å². The summed E-state index contributed by atoms with van der Waals surface area (Å²) in [4.78, 5) is 23.4. The fourth-order valence-corrected chi connectivity index (χ4v) is 2.60. The second-order valence-electron chi connectivity index (χ2n) is 6.31. The maximum atomic E-state index is 12.2. The largest absolute Gasteiger partial charge is 0.489 e. The van der Waals surface area contributed by atoms with E-state index in [1.165, 1.54) is 6.92 Å². The minimum Gasteiger partial charge on any atom is -0.489 e. The van der Waals surface area contributed by atoms with E-state index in [-0.39, 0.29) is 18.4 Å². The van der Waals surface area contributed by atoms with Gasteiger partial charge in [0, 0.05) is 12.6 Å². The van der Waals surface area contributed by atoms with Gasteiger partial charge in [-0.25, -0.2) is 0 Å². The van der Waals surface area contributed by atoms with Gasteiger partial charge in [-0.2, -0.15) is 0 Å². The van der Waals surface area contributed by atoms with E-state index in [0.717, 1.165) is 5.56 Å². The van der Waals surface area contributed by atoms with E-state index in [0.29, 0.717) is 29.5 Å². The quantitative estimate of drug-likeness (QED) is 0.603. The smallest absolute Gasteiger partial charge is 0.262 e. The van der Waals surface area contributed by atoms with Gasteiger partial charge in [0.15, 0.2) is 6.61 Å². The van der Waals surface area contributed by atoms with Crippen molar-refractivity contribution in [2.24, 2.45) is 0 Å². The molecule has 0 atom stereocenters. The lowest BCUT2D eigenvalue weighted by Gasteiger charge is -2.12. The lowest BCUT2D eigenvalue weighted by atomic mass is 10.2. The molecule has 0 saturated carbocycles. The van der Waals surface area contributed by atoms with Crippen LogP contribution in [0.3, 0.4) is 0 Å². The molecular formula is C23H22N2O4. The van der Waals surface area contributed by atoms with Gasteiger partial charge in [-0.1, -0.05) is 42.5 Å². The first-order chi connectivity index (χ1) is 14.1. The Morgan fingerprint density at radius 2 is 1.48 bits per heavy atom. The van der Waals surface area contributed by atoms with Crippen molar-refractivity contribution in [1.29, 1.82) is 0 Å². The molecule has 3 aromatic rings. The van der Waals surface area contributed by atoms with Crippen molar-refractivity contribution in [3.63, 3.8) is 0 Å². The van der Waals surface area contributed by atoms with Crippen molar-refractivity contribution in [3.8, 4) is 11.5 Å². The number of hydrogen-bond acceptors (Lipinski definition) is 4. The molecule has 0 aliphatic heterocycles. The zero-order valence-corrected chi connectivity index (χ0v) is 16.1. The summed E-state index contributed by atoms with van der Waals surface area (Å²) in [7, 11) is 0. The first-order valence-corrected chi connectivity index (χ1v) is 9.16. The Kier molecular flexibility index (Phi) is 6.84. The zero-order valence-electron chi connectivity index (χ0n) is 16.1. The highest BCUT2D eigenvalue weighted by Crippen LogP contribution is 2.23. The van der Waals surface area contributed by atoms with Crippen LogP contribution in [0.25, 0.3) is 0 Å². The van der Waals surface area contributed by atoms with E-state index in [1.54, 1.807) is 48.5 Å². The molecule has 0 aromatic heterocycles. The number of anilines is 2. The van der Waals surface area contributed by atoms with Crippen molar-refractivity contribution in [3.05, 3.63) is 84.4 Å². The average molecular weight is 390 g/mol. The summed E-state index contributed by atoms with van der Waals surface area (Å²) < 4.78 is 11.3. The number of ether oxygens (including phenoxy) is 2. The molecular weight excluding hydrogens is 368 g/mol. The van der Waals surface area contributed by atoms with Crippen molar-refractivity contribution >= 4 is 23.2 Å². The van der Waals surface area contributed by atoms with E-state index in [1.807, 2.05) is 30.3 Å². The van der Waals surface area contributed by atoms with Crippen LogP contribution in [0.2, 0.25) is 0 Å². The monoisotopic (exact) mass is 390 g/mol. The van der Waals surface area contributed by atoms with E-state index < -0.39 is 0 Å². The van der Waals surface area contributed by atoms with Gasteiger partial charge in [0.25, 0.3) is 5.91 Å². The number of carbonyl (C=O) groups excluding carboxylic acids is 2. The first kappa shape index (κ1) is 19.9. The van der Waals surface area contributed by atoms with Crippen LogP contribution in [0.5, 0.6) is 11.5 Å². The number of carbonyl (C=O) groups is 2. The van der Waals surface area contributed by atoms with Crippen LogP contribution in [0.1, 0.15) is 12.5 Å². The number of hydrogen-bond donors (Lipinski definition) is 2. The summed E-state index contributed by atoms with van der Waals surface area (Å²) in [5.41, 5.74) is 2.25. The minimum absolute atomic E-state index is 0.178. The molecule has 0 spiro atoms. The third-order valence-corrected chi connectivity index (χ3v) is 3.94. The Balaban J connectivity index is 1.49. The molecule has 6 nitrogen and oxygen atoms in total. The van der Waals surface area contributed by atoms with E-state index in [9.17, 15) is 9.59 Å². The van der Waals surface area contributed by atoms with Gasteiger partial charge in [-0.05, 0) is 42.0 Å². The van der Waals surface area contributed by atoms with Crippen LogP contribution in [-0.2, 0) is 16.2 Å². The van der Waals surface area contributed by atoms with Gasteiger partial charge >= 0.3 is 0 Å². The Morgan fingerprint density at radius 1 is 0.793 bits per heavy atom. The van der Waals surface area contributed by atoms with Crippen LogP contribution < -0.4 is 20.1 Å². The van der Waals surface area contributed by atoms with Gasteiger partial charge in [0.05, 0.1) is 5.69 Å². The van der Waals surface area contributed by atoms with E-state index in [2.05, 4.69) is 10.6 Å². The second kappa shape index (κ2) is 9.94. The molecule has 0 aliphatic rings. The van der Waals surface area contributed by atoms with Gasteiger partial charge in [0.1, 0.15) is 18.1 Å². The molecule has 0 radical (unpaired) electrons.